The largest absolute Gasteiger partial charge is 0.478 e. The van der Waals surface area contributed by atoms with Crippen molar-refractivity contribution in [3.8, 4) is 16.9 Å². The van der Waals surface area contributed by atoms with E-state index in [0.29, 0.717) is 20.8 Å². The van der Waals surface area contributed by atoms with Gasteiger partial charge in [0.05, 0.1) is 10.0 Å². The fraction of sp³-hybridized carbons (Fsp3) is 0.111. The maximum Gasteiger partial charge on any atom is 0.158 e. The Morgan fingerprint density at radius 3 is 2.29 bits per heavy atom. The Bertz CT molecular complexity index is 372. The molecular weight excluding hydrogens is 263 g/mol. The van der Waals surface area contributed by atoms with Gasteiger partial charge in [-0.05, 0) is 17.4 Å². The summed E-state index contributed by atoms with van der Waals surface area (Å²) in [5.74, 6) is 2.99. The van der Waals surface area contributed by atoms with E-state index < -0.39 is 0 Å². The smallest absolute Gasteiger partial charge is 0.158 e. The number of thiol groups is 1. The summed E-state index contributed by atoms with van der Waals surface area (Å²) in [5, 5.41) is 3.59. The maximum absolute atomic E-state index is 5.85. The van der Waals surface area contributed by atoms with Gasteiger partial charge < -0.3 is 4.74 Å². The summed E-state index contributed by atoms with van der Waals surface area (Å²) in [7, 11) is 0. The van der Waals surface area contributed by atoms with Crippen molar-refractivity contribution in [3.05, 3.63) is 27.2 Å². The summed E-state index contributed by atoms with van der Waals surface area (Å²) in [6, 6.07) is 3.11. The van der Waals surface area contributed by atoms with Gasteiger partial charge in [-0.25, -0.2) is 0 Å². The molecule has 0 bridgehead atoms. The van der Waals surface area contributed by atoms with Crippen molar-refractivity contribution in [1.29, 1.82) is 0 Å². The number of hydrogen-bond acceptors (Lipinski definition) is 2. The lowest BCUT2D eigenvalue weighted by Crippen LogP contribution is -1.95. The van der Waals surface area contributed by atoms with E-state index in [4.69, 9.17) is 39.5 Å². The van der Waals surface area contributed by atoms with Crippen molar-refractivity contribution in [3.63, 3.8) is 0 Å². The van der Waals surface area contributed by atoms with E-state index in [2.05, 4.69) is 23.8 Å². The van der Waals surface area contributed by atoms with E-state index in [-0.39, 0.29) is 6.61 Å². The van der Waals surface area contributed by atoms with Gasteiger partial charge in [-0.2, -0.15) is 0 Å². The summed E-state index contributed by atoms with van der Waals surface area (Å²) in [6.07, 6.45) is 0. The topological polar surface area (TPSA) is 9.23 Å². The van der Waals surface area contributed by atoms with Crippen LogP contribution in [0.25, 0.3) is 0 Å². The van der Waals surface area contributed by atoms with Gasteiger partial charge >= 0.3 is 0 Å². The standard InChI is InChI=1S/C9H5Cl3OS/c10-6-4-7(11)9(8(12)5-6)13-2-1-3-14/h4-5,14H,2H2. The Labute approximate surface area is 103 Å². The Morgan fingerprint density at radius 1 is 1.21 bits per heavy atom. The second-order valence-corrected chi connectivity index (χ2v) is 3.75. The molecule has 1 aromatic rings. The third kappa shape index (κ3) is 3.18. The van der Waals surface area contributed by atoms with Gasteiger partial charge in [0.2, 0.25) is 0 Å². The molecule has 0 aromatic heterocycles. The van der Waals surface area contributed by atoms with E-state index in [1.165, 1.54) is 0 Å². The Morgan fingerprint density at radius 2 is 1.79 bits per heavy atom. The minimum atomic E-state index is 0.185. The van der Waals surface area contributed by atoms with Crippen molar-refractivity contribution in [2.45, 2.75) is 0 Å². The first-order chi connectivity index (χ1) is 6.65. The van der Waals surface area contributed by atoms with Crippen LogP contribution in [0, 0.1) is 11.2 Å². The molecule has 0 N–H and O–H groups in total. The summed E-state index contributed by atoms with van der Waals surface area (Å²) in [6.45, 7) is 0.185. The second kappa shape index (κ2) is 5.63. The monoisotopic (exact) mass is 266 g/mol. The highest BCUT2D eigenvalue weighted by atomic mass is 35.5. The van der Waals surface area contributed by atoms with Crippen LogP contribution in [0.5, 0.6) is 5.75 Å². The van der Waals surface area contributed by atoms with Gasteiger partial charge in [0, 0.05) is 5.02 Å². The highest BCUT2D eigenvalue weighted by molar-refractivity contribution is 7.85. The van der Waals surface area contributed by atoms with Crippen molar-refractivity contribution < 1.29 is 4.74 Å². The first-order valence-corrected chi connectivity index (χ1v) is 5.12. The van der Waals surface area contributed by atoms with E-state index in [1.807, 2.05) is 0 Å². The average Bonchev–Trinajstić information content (AvgIpc) is 2.09. The number of ether oxygens (including phenoxy) is 1. The molecule has 0 amide bonds. The SMILES string of the molecule is SC#CCOc1c(Cl)cc(Cl)cc1Cl. The van der Waals surface area contributed by atoms with Crippen LogP contribution in [0.1, 0.15) is 0 Å². The molecule has 0 spiro atoms. The zero-order valence-corrected chi connectivity index (χ0v) is 10.0. The number of rotatable bonds is 2. The number of hydrogen-bond donors (Lipinski definition) is 1. The van der Waals surface area contributed by atoms with E-state index in [9.17, 15) is 0 Å². The van der Waals surface area contributed by atoms with E-state index >= 15 is 0 Å². The van der Waals surface area contributed by atoms with Crippen LogP contribution >= 0.6 is 47.4 Å². The molecule has 0 aliphatic rings. The third-order valence-electron chi connectivity index (χ3n) is 1.33. The molecule has 0 atom stereocenters. The van der Waals surface area contributed by atoms with Crippen LogP contribution in [0.2, 0.25) is 15.1 Å². The fourth-order valence-electron chi connectivity index (χ4n) is 0.807. The lowest BCUT2D eigenvalue weighted by atomic mass is 10.3. The first-order valence-electron chi connectivity index (χ1n) is 3.54. The van der Waals surface area contributed by atoms with E-state index in [0.717, 1.165) is 0 Å². The van der Waals surface area contributed by atoms with Crippen LogP contribution in [0.4, 0.5) is 0 Å². The number of halogens is 3. The second-order valence-electron chi connectivity index (χ2n) is 2.28. The maximum atomic E-state index is 5.85. The molecule has 14 heavy (non-hydrogen) atoms. The zero-order valence-electron chi connectivity index (χ0n) is 6.85. The molecular formula is C9H5Cl3OS. The molecule has 0 heterocycles. The summed E-state index contributed by atoms with van der Waals surface area (Å²) in [4.78, 5) is 0. The fourth-order valence-corrected chi connectivity index (χ4v) is 1.80. The molecule has 0 unspecified atom stereocenters. The lowest BCUT2D eigenvalue weighted by Gasteiger charge is -2.07. The molecule has 5 heteroatoms. The molecule has 0 radical (unpaired) electrons. The number of benzene rings is 1. The Hall–Kier alpha value is -0.200. The summed E-state index contributed by atoms with van der Waals surface area (Å²) >= 11 is 21.1. The van der Waals surface area contributed by atoms with Gasteiger partial charge in [0.1, 0.15) is 6.61 Å². The molecule has 1 aromatic carbocycles. The van der Waals surface area contributed by atoms with Crippen LogP contribution in [-0.2, 0) is 0 Å². The van der Waals surface area contributed by atoms with Crippen LogP contribution in [0.15, 0.2) is 12.1 Å². The zero-order chi connectivity index (χ0) is 10.6. The van der Waals surface area contributed by atoms with Crippen LogP contribution in [-0.4, -0.2) is 6.61 Å². The summed E-state index contributed by atoms with van der Waals surface area (Å²) < 4.78 is 5.22. The lowest BCUT2D eigenvalue weighted by molar-refractivity contribution is 0.371. The van der Waals surface area contributed by atoms with Gasteiger partial charge in [0.15, 0.2) is 5.75 Å². The van der Waals surface area contributed by atoms with Crippen LogP contribution in [0.3, 0.4) is 0 Å². The average molecular weight is 268 g/mol. The van der Waals surface area contributed by atoms with Crippen molar-refractivity contribution in [2.75, 3.05) is 6.61 Å². The van der Waals surface area contributed by atoms with Gasteiger partial charge in [-0.1, -0.05) is 53.4 Å². The van der Waals surface area contributed by atoms with Crippen molar-refractivity contribution in [1.82, 2.24) is 0 Å². The van der Waals surface area contributed by atoms with Crippen molar-refractivity contribution >= 4 is 47.4 Å². The summed E-state index contributed by atoms with van der Waals surface area (Å²) in [5.41, 5.74) is 0. The first kappa shape index (κ1) is 11.9. The van der Waals surface area contributed by atoms with Gasteiger partial charge in [0.25, 0.3) is 0 Å². The van der Waals surface area contributed by atoms with Gasteiger partial charge in [-0.3, -0.25) is 0 Å². The molecule has 1 nitrogen and oxygen atoms in total. The predicted octanol–water partition coefficient (Wildman–Crippen LogP) is 3.92. The molecule has 0 saturated heterocycles. The van der Waals surface area contributed by atoms with Crippen LogP contribution < -0.4 is 4.74 Å². The minimum absolute atomic E-state index is 0.185. The quantitative estimate of drug-likeness (QED) is 0.631. The molecule has 1 rings (SSSR count). The van der Waals surface area contributed by atoms with E-state index in [1.54, 1.807) is 12.1 Å². The molecule has 0 fully saturated rings. The predicted molar refractivity (Wildman–Crippen MR) is 63.7 cm³/mol. The van der Waals surface area contributed by atoms with Gasteiger partial charge in [-0.15, -0.1) is 0 Å². The molecule has 74 valence electrons. The van der Waals surface area contributed by atoms with Crippen molar-refractivity contribution in [2.24, 2.45) is 0 Å². The highest BCUT2D eigenvalue weighted by Gasteiger charge is 2.08. The normalized spacial score (nSPS) is 9.14. The molecule has 0 saturated carbocycles. The Kier molecular flexibility index (Phi) is 4.77. The molecule has 0 aliphatic heterocycles. The highest BCUT2D eigenvalue weighted by Crippen LogP contribution is 2.35. The molecule has 0 aliphatic carbocycles. The Balaban J connectivity index is 2.89. The minimum Gasteiger partial charge on any atom is -0.478 e. The third-order valence-corrected chi connectivity index (χ3v) is 2.27.